The maximum absolute atomic E-state index is 13.1. The third kappa shape index (κ3) is 2.91. The van der Waals surface area contributed by atoms with Crippen LogP contribution in [0.2, 0.25) is 0 Å². The smallest absolute Gasteiger partial charge is 0.275 e. The molecular weight excluding hydrogens is 362 g/mol. The minimum atomic E-state index is -0.382. The van der Waals surface area contributed by atoms with Crippen molar-refractivity contribution in [1.82, 2.24) is 15.1 Å². The zero-order valence-corrected chi connectivity index (χ0v) is 15.6. The second-order valence-electron chi connectivity index (χ2n) is 6.52. The number of carbonyl (C=O) groups is 1. The van der Waals surface area contributed by atoms with Gasteiger partial charge in [0.2, 0.25) is 0 Å². The largest absolute Gasteiger partial charge is 0.504 e. The van der Waals surface area contributed by atoms with Crippen molar-refractivity contribution in [2.75, 3.05) is 27.4 Å². The summed E-state index contributed by atoms with van der Waals surface area (Å²) in [6, 6.07) is 8.32. The van der Waals surface area contributed by atoms with Crippen LogP contribution in [0.3, 0.4) is 0 Å². The molecule has 8 nitrogen and oxygen atoms in total. The Kier molecular flexibility index (Phi) is 4.79. The Bertz CT molecular complexity index is 980. The molecule has 1 amide bonds. The lowest BCUT2D eigenvalue weighted by Crippen LogP contribution is -2.31. The lowest BCUT2D eigenvalue weighted by molar-refractivity contribution is 0.0723. The van der Waals surface area contributed by atoms with Crippen LogP contribution in [0.4, 0.5) is 0 Å². The highest BCUT2D eigenvalue weighted by Crippen LogP contribution is 2.44. The standard InChI is InChI=1S/C20H21N3O5/c1-26-9-4-8-23-19(12-6-7-13(24)15(11-12)27-2)16-17(14-5-3-10-28-14)21-22-18(16)20(23)25/h3,5-7,10-11,19,24H,4,8-9H2,1-2H3,(H,21,22). The Morgan fingerprint density at radius 2 is 2.18 bits per heavy atom. The fourth-order valence-corrected chi connectivity index (χ4v) is 3.62. The normalized spacial score (nSPS) is 15.9. The summed E-state index contributed by atoms with van der Waals surface area (Å²) in [5, 5.41) is 17.2. The summed E-state index contributed by atoms with van der Waals surface area (Å²) >= 11 is 0. The number of amides is 1. The van der Waals surface area contributed by atoms with E-state index >= 15 is 0 Å². The van der Waals surface area contributed by atoms with Crippen molar-refractivity contribution >= 4 is 5.91 Å². The van der Waals surface area contributed by atoms with Crippen LogP contribution in [-0.4, -0.2) is 53.5 Å². The number of nitrogens with zero attached hydrogens (tertiary/aromatic N) is 2. The number of hydrogen-bond donors (Lipinski definition) is 2. The Hall–Kier alpha value is -3.26. The summed E-state index contributed by atoms with van der Waals surface area (Å²) in [6.07, 6.45) is 2.27. The Balaban J connectivity index is 1.82. The van der Waals surface area contributed by atoms with E-state index in [1.54, 1.807) is 42.5 Å². The first-order valence-electron chi connectivity index (χ1n) is 8.94. The monoisotopic (exact) mass is 383 g/mol. The lowest BCUT2D eigenvalue weighted by atomic mass is 9.97. The number of aromatic nitrogens is 2. The van der Waals surface area contributed by atoms with Crippen LogP contribution in [0.15, 0.2) is 41.0 Å². The maximum Gasteiger partial charge on any atom is 0.275 e. The number of furan rings is 1. The molecule has 1 aromatic carbocycles. The highest BCUT2D eigenvalue weighted by molar-refractivity contribution is 6.00. The van der Waals surface area contributed by atoms with Gasteiger partial charge >= 0.3 is 0 Å². The number of fused-ring (bicyclic) bond motifs is 1. The molecule has 0 spiro atoms. The van der Waals surface area contributed by atoms with Crippen molar-refractivity contribution < 1.29 is 23.8 Å². The van der Waals surface area contributed by atoms with Gasteiger partial charge < -0.3 is 23.9 Å². The van der Waals surface area contributed by atoms with E-state index in [0.29, 0.717) is 42.5 Å². The van der Waals surface area contributed by atoms with Crippen LogP contribution in [0.1, 0.15) is 34.1 Å². The molecule has 0 saturated carbocycles. The predicted octanol–water partition coefficient (Wildman–Crippen LogP) is 2.97. The van der Waals surface area contributed by atoms with Crippen molar-refractivity contribution in [1.29, 1.82) is 0 Å². The number of methoxy groups -OCH3 is 2. The molecule has 3 aromatic rings. The number of phenolic OH excluding ortho intramolecular Hbond substituents is 1. The maximum atomic E-state index is 13.1. The predicted molar refractivity (Wildman–Crippen MR) is 100 cm³/mol. The summed E-state index contributed by atoms with van der Waals surface area (Å²) in [4.78, 5) is 14.8. The minimum absolute atomic E-state index is 0.0418. The van der Waals surface area contributed by atoms with Crippen LogP contribution in [0.5, 0.6) is 11.5 Å². The van der Waals surface area contributed by atoms with Gasteiger partial charge in [-0.25, -0.2) is 0 Å². The number of ether oxygens (including phenoxy) is 2. The first kappa shape index (κ1) is 18.1. The third-order valence-corrected chi connectivity index (χ3v) is 4.89. The molecule has 2 N–H and O–H groups in total. The van der Waals surface area contributed by atoms with Crippen LogP contribution < -0.4 is 4.74 Å². The van der Waals surface area contributed by atoms with Gasteiger partial charge in [-0.05, 0) is 36.2 Å². The molecule has 28 heavy (non-hydrogen) atoms. The molecule has 2 aromatic heterocycles. The van der Waals surface area contributed by atoms with E-state index in [1.165, 1.54) is 7.11 Å². The van der Waals surface area contributed by atoms with Crippen LogP contribution in [0.25, 0.3) is 11.5 Å². The average molecular weight is 383 g/mol. The van der Waals surface area contributed by atoms with E-state index < -0.39 is 0 Å². The molecule has 8 heteroatoms. The van der Waals surface area contributed by atoms with Gasteiger partial charge in [-0.2, -0.15) is 5.10 Å². The van der Waals surface area contributed by atoms with Crippen LogP contribution >= 0.6 is 0 Å². The fraction of sp³-hybridized carbons (Fsp3) is 0.300. The molecule has 146 valence electrons. The van der Waals surface area contributed by atoms with Crippen LogP contribution in [-0.2, 0) is 4.74 Å². The van der Waals surface area contributed by atoms with Gasteiger partial charge in [0, 0.05) is 25.8 Å². The quantitative estimate of drug-likeness (QED) is 0.609. The molecule has 0 saturated heterocycles. The average Bonchev–Trinajstić information content (AvgIpc) is 3.41. The van der Waals surface area contributed by atoms with Crippen molar-refractivity contribution in [2.24, 2.45) is 0 Å². The van der Waals surface area contributed by atoms with E-state index in [2.05, 4.69) is 10.2 Å². The number of hydrogen-bond acceptors (Lipinski definition) is 6. The molecule has 0 fully saturated rings. The molecule has 1 aliphatic rings. The first-order chi connectivity index (χ1) is 13.7. The molecule has 0 radical (unpaired) electrons. The SMILES string of the molecule is COCCCN1C(=O)c2n[nH]c(-c3ccco3)c2C1c1ccc(O)c(OC)c1. The summed E-state index contributed by atoms with van der Waals surface area (Å²) < 4.78 is 15.9. The molecule has 0 aliphatic carbocycles. The van der Waals surface area contributed by atoms with E-state index in [4.69, 9.17) is 13.9 Å². The van der Waals surface area contributed by atoms with Crippen LogP contribution in [0, 0.1) is 0 Å². The number of benzene rings is 1. The summed E-state index contributed by atoms with van der Waals surface area (Å²) in [7, 11) is 3.13. The summed E-state index contributed by atoms with van der Waals surface area (Å²) in [6.45, 7) is 1.05. The Morgan fingerprint density at radius 3 is 2.89 bits per heavy atom. The molecule has 1 aliphatic heterocycles. The number of phenols is 1. The number of aromatic hydroxyl groups is 1. The highest BCUT2D eigenvalue weighted by Gasteiger charge is 2.42. The van der Waals surface area contributed by atoms with E-state index in [9.17, 15) is 9.90 Å². The van der Waals surface area contributed by atoms with Crippen molar-refractivity contribution in [3.8, 4) is 23.0 Å². The van der Waals surface area contributed by atoms with Gasteiger partial charge in [-0.15, -0.1) is 0 Å². The third-order valence-electron chi connectivity index (χ3n) is 4.89. The van der Waals surface area contributed by atoms with Gasteiger partial charge in [0.1, 0.15) is 5.69 Å². The first-order valence-corrected chi connectivity index (χ1v) is 8.94. The van der Waals surface area contributed by atoms with Crippen molar-refractivity contribution in [3.05, 3.63) is 53.4 Å². The minimum Gasteiger partial charge on any atom is -0.504 e. The Morgan fingerprint density at radius 1 is 1.32 bits per heavy atom. The van der Waals surface area contributed by atoms with Gasteiger partial charge in [0.25, 0.3) is 5.91 Å². The summed E-state index contributed by atoms with van der Waals surface area (Å²) in [5.41, 5.74) is 2.61. The number of carbonyl (C=O) groups excluding carboxylic acids is 1. The zero-order valence-electron chi connectivity index (χ0n) is 15.6. The van der Waals surface area contributed by atoms with E-state index in [0.717, 1.165) is 11.1 Å². The van der Waals surface area contributed by atoms with Crippen molar-refractivity contribution in [3.63, 3.8) is 0 Å². The molecular formula is C20H21N3O5. The Labute approximate surface area is 161 Å². The lowest BCUT2D eigenvalue weighted by Gasteiger charge is -2.26. The molecule has 4 rings (SSSR count). The fourth-order valence-electron chi connectivity index (χ4n) is 3.62. The zero-order chi connectivity index (χ0) is 19.7. The van der Waals surface area contributed by atoms with E-state index in [1.807, 2.05) is 6.07 Å². The number of nitrogens with one attached hydrogen (secondary N) is 1. The van der Waals surface area contributed by atoms with Gasteiger partial charge in [0.15, 0.2) is 23.0 Å². The molecule has 1 unspecified atom stereocenters. The highest BCUT2D eigenvalue weighted by atomic mass is 16.5. The number of H-pyrrole nitrogens is 1. The van der Waals surface area contributed by atoms with Crippen molar-refractivity contribution in [2.45, 2.75) is 12.5 Å². The number of rotatable bonds is 7. The van der Waals surface area contributed by atoms with Gasteiger partial charge in [0.05, 0.1) is 19.4 Å². The second kappa shape index (κ2) is 7.40. The van der Waals surface area contributed by atoms with E-state index in [-0.39, 0.29) is 17.7 Å². The summed E-state index contributed by atoms with van der Waals surface area (Å²) in [5.74, 6) is 0.840. The number of aromatic amines is 1. The second-order valence-corrected chi connectivity index (χ2v) is 6.52. The molecule has 3 heterocycles. The molecule has 0 bridgehead atoms. The molecule has 1 atom stereocenters. The van der Waals surface area contributed by atoms with Gasteiger partial charge in [-0.1, -0.05) is 6.07 Å². The van der Waals surface area contributed by atoms with Gasteiger partial charge in [-0.3, -0.25) is 9.89 Å². The topological polar surface area (TPSA) is 101 Å².